The summed E-state index contributed by atoms with van der Waals surface area (Å²) >= 11 is 0. The second-order valence-electron chi connectivity index (χ2n) is 20.0. The molecule has 0 atom stereocenters. The molecule has 14 aromatic rings. The van der Waals surface area contributed by atoms with Crippen LogP contribution in [-0.2, 0) is 5.41 Å². The van der Waals surface area contributed by atoms with Gasteiger partial charge in [-0.2, -0.15) is 0 Å². The summed E-state index contributed by atoms with van der Waals surface area (Å²) in [5.74, 6) is 1.92. The zero-order valence-corrected chi connectivity index (χ0v) is 40.3. The number of fused-ring (bicyclic) bond motifs is 11. The molecule has 0 N–H and O–H groups in total. The minimum atomic E-state index is -0.221. The molecule has 1 aliphatic carbocycles. The van der Waals surface area contributed by atoms with Crippen molar-refractivity contribution in [2.24, 2.45) is 0 Å². The van der Waals surface area contributed by atoms with Gasteiger partial charge in [-0.1, -0.05) is 172 Å². The Labute approximate surface area is 422 Å². The van der Waals surface area contributed by atoms with Crippen LogP contribution in [0.15, 0.2) is 237 Å². The molecule has 0 unspecified atom stereocenters. The van der Waals surface area contributed by atoms with Gasteiger partial charge >= 0.3 is 0 Å². The number of rotatable bonds is 6. The summed E-state index contributed by atoms with van der Waals surface area (Å²) in [4.78, 5) is 15.4. The Morgan fingerprint density at radius 1 is 0.301 bits per heavy atom. The highest BCUT2D eigenvalue weighted by Crippen LogP contribution is 2.53. The van der Waals surface area contributed by atoms with Crippen LogP contribution in [-0.4, -0.2) is 24.1 Å². The van der Waals surface area contributed by atoms with Gasteiger partial charge < -0.3 is 9.13 Å². The molecule has 0 aliphatic heterocycles. The predicted molar refractivity (Wildman–Crippen MR) is 303 cm³/mol. The third kappa shape index (κ3) is 6.32. The topological polar surface area (TPSA) is 48.5 Å². The smallest absolute Gasteiger partial charge is 0.164 e. The summed E-state index contributed by atoms with van der Waals surface area (Å²) in [6.07, 6.45) is 0. The van der Waals surface area contributed by atoms with Crippen LogP contribution < -0.4 is 0 Å². The number of nitrogens with zero attached hydrogens (tertiary/aromatic N) is 5. The minimum Gasteiger partial charge on any atom is -0.309 e. The van der Waals surface area contributed by atoms with Gasteiger partial charge in [0.2, 0.25) is 0 Å². The summed E-state index contributed by atoms with van der Waals surface area (Å²) in [6, 6.07) is 85.7. The van der Waals surface area contributed by atoms with E-state index in [1.807, 2.05) is 36.4 Å². The first-order valence-corrected chi connectivity index (χ1v) is 25.1. The molecule has 1 aliphatic rings. The van der Waals surface area contributed by atoms with Crippen molar-refractivity contribution in [3.05, 3.63) is 248 Å². The molecule has 5 heteroatoms. The fourth-order valence-corrected chi connectivity index (χ4v) is 12.0. The van der Waals surface area contributed by atoms with Crippen LogP contribution in [0, 0.1) is 0 Å². The Kier molecular flexibility index (Phi) is 8.94. The van der Waals surface area contributed by atoms with Crippen molar-refractivity contribution in [2.45, 2.75) is 19.3 Å². The molecule has 5 nitrogen and oxygen atoms in total. The minimum absolute atomic E-state index is 0.221. The molecule has 15 rings (SSSR count). The first-order valence-electron chi connectivity index (χ1n) is 25.1. The Morgan fingerprint density at radius 2 is 0.795 bits per heavy atom. The quantitative estimate of drug-likeness (QED) is 0.167. The maximum atomic E-state index is 5.20. The van der Waals surface area contributed by atoms with Gasteiger partial charge in [0.15, 0.2) is 17.5 Å². The molecule has 0 saturated heterocycles. The molecule has 0 bridgehead atoms. The Hall–Kier alpha value is -9.45. The monoisotopic (exact) mass is 931 g/mol. The zero-order chi connectivity index (χ0) is 48.4. The van der Waals surface area contributed by atoms with Crippen LogP contribution in [0.4, 0.5) is 0 Å². The first kappa shape index (κ1) is 41.3. The van der Waals surface area contributed by atoms with E-state index in [9.17, 15) is 0 Å². The third-order valence-corrected chi connectivity index (χ3v) is 15.5. The molecule has 0 fully saturated rings. The van der Waals surface area contributed by atoms with E-state index >= 15 is 0 Å². The molecular weight excluding hydrogens is 887 g/mol. The zero-order valence-electron chi connectivity index (χ0n) is 40.3. The number of para-hydroxylation sites is 2. The summed E-state index contributed by atoms with van der Waals surface area (Å²) in [7, 11) is 0. The van der Waals surface area contributed by atoms with E-state index in [1.165, 1.54) is 82.2 Å². The van der Waals surface area contributed by atoms with Crippen molar-refractivity contribution in [1.29, 1.82) is 0 Å². The fourth-order valence-electron chi connectivity index (χ4n) is 12.0. The van der Waals surface area contributed by atoms with Crippen LogP contribution >= 0.6 is 0 Å². The van der Waals surface area contributed by atoms with E-state index in [4.69, 9.17) is 15.0 Å². The third-order valence-electron chi connectivity index (χ3n) is 15.5. The van der Waals surface area contributed by atoms with Crippen LogP contribution in [0.5, 0.6) is 0 Å². The van der Waals surface area contributed by atoms with Crippen molar-refractivity contribution >= 4 is 65.2 Å². The highest BCUT2D eigenvalue weighted by molar-refractivity contribution is 6.15. The average Bonchev–Trinajstić information content (AvgIpc) is 4.07. The van der Waals surface area contributed by atoms with E-state index < -0.39 is 0 Å². The van der Waals surface area contributed by atoms with Gasteiger partial charge in [-0.05, 0) is 128 Å². The van der Waals surface area contributed by atoms with Crippen LogP contribution in [0.2, 0.25) is 0 Å². The summed E-state index contributed by atoms with van der Waals surface area (Å²) in [6.45, 7) is 4.78. The molecule has 11 aromatic carbocycles. The van der Waals surface area contributed by atoms with Gasteiger partial charge in [0.1, 0.15) is 0 Å². The van der Waals surface area contributed by atoms with Gasteiger partial charge in [0.25, 0.3) is 0 Å². The largest absolute Gasteiger partial charge is 0.309 e. The molecular formula is C68H45N5. The highest BCUT2D eigenvalue weighted by atomic mass is 15.0. The van der Waals surface area contributed by atoms with Gasteiger partial charge in [-0.15, -0.1) is 0 Å². The van der Waals surface area contributed by atoms with Crippen molar-refractivity contribution in [1.82, 2.24) is 24.1 Å². The molecule has 0 amide bonds. The van der Waals surface area contributed by atoms with E-state index in [0.717, 1.165) is 44.4 Å². The lowest BCUT2D eigenvalue weighted by Gasteiger charge is -2.22. The second kappa shape index (κ2) is 15.8. The number of benzene rings is 11. The van der Waals surface area contributed by atoms with E-state index in [-0.39, 0.29) is 5.41 Å². The van der Waals surface area contributed by atoms with Crippen molar-refractivity contribution < 1.29 is 0 Å². The maximum absolute atomic E-state index is 5.20. The van der Waals surface area contributed by atoms with Gasteiger partial charge in [0.05, 0.1) is 27.8 Å². The SMILES string of the molecule is CC1(C)c2cc3ccccc3cc2-c2cc3c4cc(-c5ccc6c(c5)c5ccccc5n6-c5ccccc5)ccc4n(-c4ccc(-c5nc(-c6ccccc6)nc(-c6ccccc6)n5)c5ccccc45)c3cc21. The van der Waals surface area contributed by atoms with E-state index in [2.05, 4.69) is 223 Å². The highest BCUT2D eigenvalue weighted by Gasteiger charge is 2.37. The Bertz CT molecular complexity index is 4510. The lowest BCUT2D eigenvalue weighted by atomic mass is 9.81. The fraction of sp³-hybridized carbons (Fsp3) is 0.0441. The molecule has 342 valence electrons. The van der Waals surface area contributed by atoms with E-state index in [1.54, 1.807) is 0 Å². The van der Waals surface area contributed by atoms with Gasteiger partial charge in [-0.3, -0.25) is 0 Å². The summed E-state index contributed by atoms with van der Waals surface area (Å²) in [5, 5.41) is 9.62. The molecule has 0 radical (unpaired) electrons. The van der Waals surface area contributed by atoms with Crippen molar-refractivity contribution in [2.75, 3.05) is 0 Å². The standard InChI is InChI=1S/C68H45N5/c1-68(2)58-39-45-23-13-12-22-44(45)36-53(58)54-40-57-56-38-47(46-30-33-62-55(37-46)51-28-16-17-29-60(51)72(62)48-24-10-5-11-25-48)31-34-63(56)73(64(57)41-59(54)68)61-35-32-52(49-26-14-15-27-50(49)61)67-70-65(42-18-6-3-7-19-42)69-66(71-67)43-20-8-4-9-21-43/h3-41H,1-2H3. The Balaban J connectivity index is 0.968. The van der Waals surface area contributed by atoms with E-state index in [0.29, 0.717) is 17.5 Å². The van der Waals surface area contributed by atoms with Gasteiger partial charge in [-0.25, -0.2) is 15.0 Å². The maximum Gasteiger partial charge on any atom is 0.164 e. The number of aromatic nitrogens is 5. The molecule has 3 aromatic heterocycles. The number of hydrogen-bond donors (Lipinski definition) is 0. The van der Waals surface area contributed by atoms with Crippen molar-refractivity contribution in [3.63, 3.8) is 0 Å². The summed E-state index contributed by atoms with van der Waals surface area (Å²) in [5.41, 5.74) is 17.3. The normalized spacial score (nSPS) is 12.9. The molecule has 73 heavy (non-hydrogen) atoms. The molecule has 3 heterocycles. The van der Waals surface area contributed by atoms with Gasteiger partial charge in [0, 0.05) is 54.7 Å². The van der Waals surface area contributed by atoms with Crippen LogP contribution in [0.25, 0.3) is 133 Å². The lowest BCUT2D eigenvalue weighted by Crippen LogP contribution is -2.15. The number of hydrogen-bond acceptors (Lipinski definition) is 3. The van der Waals surface area contributed by atoms with Crippen LogP contribution in [0.3, 0.4) is 0 Å². The summed E-state index contributed by atoms with van der Waals surface area (Å²) < 4.78 is 4.89. The molecule has 0 saturated carbocycles. The predicted octanol–water partition coefficient (Wildman–Crippen LogP) is 17.3. The van der Waals surface area contributed by atoms with Crippen LogP contribution in [0.1, 0.15) is 25.0 Å². The average molecular weight is 932 g/mol. The first-order chi connectivity index (χ1) is 35.9. The van der Waals surface area contributed by atoms with Crippen molar-refractivity contribution in [3.8, 4) is 67.8 Å². The Morgan fingerprint density at radius 3 is 1.48 bits per heavy atom. The second-order valence-corrected chi connectivity index (χ2v) is 20.0. The lowest BCUT2D eigenvalue weighted by molar-refractivity contribution is 0.662. The molecule has 0 spiro atoms.